The van der Waals surface area contributed by atoms with Crippen molar-refractivity contribution in [1.82, 2.24) is 19.1 Å². The van der Waals surface area contributed by atoms with Crippen LogP contribution in [0.4, 0.5) is 26.3 Å². The molecule has 0 fully saturated rings. The maximum Gasteiger partial charge on any atom is 0.417 e. The van der Waals surface area contributed by atoms with Crippen molar-refractivity contribution in [3.8, 4) is 91.2 Å². The third kappa shape index (κ3) is 8.89. The van der Waals surface area contributed by atoms with E-state index in [4.69, 9.17) is 19.2 Å². The number of methoxy groups -OCH3 is 2. The molecule has 0 aliphatic rings. The number of carboxylic acids is 1. The average Bonchev–Trinajstić information content (AvgIpc) is 3.96. The zero-order valence-corrected chi connectivity index (χ0v) is 35.0. The standard InChI is InChI=1S/C48H32F6N4O10/c1-65-27-13-17-41(61)34(22-27)44-55-37(31-7-3-5-9-39(31)59)23-58(44)26-12-16-30(36(20-26)48(52,53)54)46(64)68-67-42-18-14-28(66-2)21-33(42)38-24-57(43(56-38)32-8-4-6-10-40(32)60)25-11-15-29(45(62)63)35(19-25)47(49,50)51/h3-24,59-61H,1-2H3,(H,62,63). The number of carboxylic acid groups (broad SMARTS) is 1. The molecule has 68 heavy (non-hydrogen) atoms. The number of benzene rings is 6. The van der Waals surface area contributed by atoms with Crippen molar-refractivity contribution in [2.24, 2.45) is 0 Å². The predicted molar refractivity (Wildman–Crippen MR) is 230 cm³/mol. The Bertz CT molecular complexity index is 3250. The number of hydrogen-bond acceptors (Lipinski definition) is 11. The number of para-hydroxylation sites is 2. The molecule has 0 radical (unpaired) electrons. The number of phenolic OH excluding ortho intramolecular Hbond substituents is 3. The summed E-state index contributed by atoms with van der Waals surface area (Å²) in [5, 5.41) is 41.8. The van der Waals surface area contributed by atoms with E-state index in [1.807, 2.05) is 0 Å². The highest BCUT2D eigenvalue weighted by molar-refractivity contribution is 5.92. The van der Waals surface area contributed by atoms with Gasteiger partial charge in [-0.25, -0.2) is 24.4 Å². The minimum absolute atomic E-state index is 0.0204. The summed E-state index contributed by atoms with van der Waals surface area (Å²) in [7, 11) is 2.67. The number of hydrogen-bond donors (Lipinski definition) is 4. The Hall–Kier alpha value is -8.94. The monoisotopic (exact) mass is 938 g/mol. The number of carbonyl (C=O) groups is 2. The van der Waals surface area contributed by atoms with Crippen LogP contribution in [-0.2, 0) is 17.2 Å². The number of aromatic hydroxyl groups is 3. The molecular formula is C48H32F6N4O10. The first-order valence-corrected chi connectivity index (χ1v) is 19.7. The highest BCUT2D eigenvalue weighted by atomic mass is 19.4. The van der Waals surface area contributed by atoms with Crippen LogP contribution < -0.4 is 14.4 Å². The molecule has 2 heterocycles. The van der Waals surface area contributed by atoms with Gasteiger partial charge in [0.1, 0.15) is 40.4 Å². The number of nitrogens with zero attached hydrogens (tertiary/aromatic N) is 4. The van der Waals surface area contributed by atoms with Crippen molar-refractivity contribution in [3.05, 3.63) is 156 Å². The fraction of sp³-hybridized carbons (Fsp3) is 0.0833. The van der Waals surface area contributed by atoms with E-state index in [2.05, 4.69) is 9.97 Å². The van der Waals surface area contributed by atoms with E-state index in [1.54, 1.807) is 12.1 Å². The molecule has 6 aromatic carbocycles. The zero-order chi connectivity index (χ0) is 48.7. The Morgan fingerprint density at radius 3 is 1.56 bits per heavy atom. The number of aromatic carboxylic acids is 1. The van der Waals surface area contributed by atoms with Gasteiger partial charge in [-0.3, -0.25) is 14.0 Å². The summed E-state index contributed by atoms with van der Waals surface area (Å²) < 4.78 is 100. The molecule has 0 aliphatic heterocycles. The molecular weight excluding hydrogens is 907 g/mol. The number of rotatable bonds is 12. The summed E-state index contributed by atoms with van der Waals surface area (Å²) in [6.07, 6.45) is -7.75. The summed E-state index contributed by atoms with van der Waals surface area (Å²) >= 11 is 0. The van der Waals surface area contributed by atoms with Crippen LogP contribution in [0.1, 0.15) is 31.8 Å². The number of halogens is 6. The molecule has 0 atom stereocenters. The molecule has 0 saturated heterocycles. The van der Waals surface area contributed by atoms with Crippen molar-refractivity contribution < 1.29 is 75.6 Å². The van der Waals surface area contributed by atoms with Gasteiger partial charge in [0.2, 0.25) is 0 Å². The van der Waals surface area contributed by atoms with Gasteiger partial charge in [0, 0.05) is 29.3 Å². The molecule has 0 spiro atoms. The predicted octanol–water partition coefficient (Wildman–Crippen LogP) is 10.7. The van der Waals surface area contributed by atoms with E-state index in [0.29, 0.717) is 12.1 Å². The Morgan fingerprint density at radius 1 is 0.544 bits per heavy atom. The first kappa shape index (κ1) is 45.6. The summed E-state index contributed by atoms with van der Waals surface area (Å²) in [5.41, 5.74) is -5.19. The third-order valence-corrected chi connectivity index (χ3v) is 10.5. The van der Waals surface area contributed by atoms with Crippen LogP contribution in [0.15, 0.2) is 134 Å². The van der Waals surface area contributed by atoms with Gasteiger partial charge < -0.3 is 29.9 Å². The topological polar surface area (TPSA) is 188 Å². The molecule has 346 valence electrons. The molecule has 8 rings (SSSR count). The normalized spacial score (nSPS) is 11.6. The van der Waals surface area contributed by atoms with Crippen LogP contribution in [0.3, 0.4) is 0 Å². The van der Waals surface area contributed by atoms with Gasteiger partial charge in [0.05, 0.1) is 64.6 Å². The molecule has 2 aromatic heterocycles. The smallest absolute Gasteiger partial charge is 0.417 e. The lowest BCUT2D eigenvalue weighted by atomic mass is 10.1. The van der Waals surface area contributed by atoms with E-state index in [-0.39, 0.29) is 91.2 Å². The Labute approximate surface area is 379 Å². The molecule has 14 nitrogen and oxygen atoms in total. The SMILES string of the molecule is COc1ccc(O)c(-c2nc(-c3ccccc3O)cn2-c2ccc(C(=O)OOc3ccc(OC)cc3-c3cn(-c4ccc(C(=O)O)c(C(F)(F)F)c4)c(-c4ccccc4O)n3)c(C(F)(F)F)c2)c1. The van der Waals surface area contributed by atoms with Crippen LogP contribution >= 0.6 is 0 Å². The maximum atomic E-state index is 14.9. The van der Waals surface area contributed by atoms with Gasteiger partial charge in [0.15, 0.2) is 5.75 Å². The molecule has 0 aliphatic carbocycles. The van der Waals surface area contributed by atoms with Crippen molar-refractivity contribution >= 4 is 11.9 Å². The maximum absolute atomic E-state index is 14.9. The van der Waals surface area contributed by atoms with Crippen molar-refractivity contribution in [1.29, 1.82) is 0 Å². The fourth-order valence-electron chi connectivity index (χ4n) is 7.20. The second-order valence-electron chi connectivity index (χ2n) is 14.6. The number of ether oxygens (including phenoxy) is 2. The Kier molecular flexibility index (Phi) is 11.9. The number of alkyl halides is 6. The van der Waals surface area contributed by atoms with Gasteiger partial charge in [-0.15, -0.1) is 0 Å². The first-order valence-electron chi connectivity index (χ1n) is 19.7. The van der Waals surface area contributed by atoms with Crippen molar-refractivity contribution in [3.63, 3.8) is 0 Å². The van der Waals surface area contributed by atoms with Crippen LogP contribution in [0, 0.1) is 0 Å². The molecule has 20 heteroatoms. The minimum Gasteiger partial charge on any atom is -0.507 e. The van der Waals surface area contributed by atoms with Crippen LogP contribution in [0.2, 0.25) is 0 Å². The summed E-state index contributed by atoms with van der Waals surface area (Å²) in [6.45, 7) is 0. The minimum atomic E-state index is -5.18. The number of carbonyl (C=O) groups excluding carboxylic acids is 1. The van der Waals surface area contributed by atoms with Crippen molar-refractivity contribution in [2.75, 3.05) is 14.2 Å². The van der Waals surface area contributed by atoms with E-state index >= 15 is 0 Å². The fourth-order valence-corrected chi connectivity index (χ4v) is 7.20. The van der Waals surface area contributed by atoms with Gasteiger partial charge in [-0.2, -0.15) is 26.3 Å². The van der Waals surface area contributed by atoms with Gasteiger partial charge in [0.25, 0.3) is 0 Å². The first-order chi connectivity index (χ1) is 32.4. The van der Waals surface area contributed by atoms with E-state index < -0.39 is 46.5 Å². The van der Waals surface area contributed by atoms with E-state index in [1.165, 1.54) is 104 Å². The van der Waals surface area contributed by atoms with E-state index in [9.17, 15) is 56.4 Å². The highest BCUT2D eigenvalue weighted by Crippen LogP contribution is 2.42. The highest BCUT2D eigenvalue weighted by Gasteiger charge is 2.38. The number of aromatic nitrogens is 4. The lowest BCUT2D eigenvalue weighted by molar-refractivity contribution is -0.153. The van der Waals surface area contributed by atoms with E-state index in [0.717, 1.165) is 28.8 Å². The molecule has 4 N–H and O–H groups in total. The molecule has 8 aromatic rings. The zero-order valence-electron chi connectivity index (χ0n) is 35.0. The largest absolute Gasteiger partial charge is 0.507 e. The lowest BCUT2D eigenvalue weighted by Crippen LogP contribution is -2.17. The third-order valence-electron chi connectivity index (χ3n) is 10.5. The lowest BCUT2D eigenvalue weighted by Gasteiger charge is -2.16. The van der Waals surface area contributed by atoms with Crippen LogP contribution in [0.5, 0.6) is 34.5 Å². The summed E-state index contributed by atoms with van der Waals surface area (Å²) in [6, 6.07) is 24.9. The molecule has 0 saturated carbocycles. The Morgan fingerprint density at radius 2 is 1.01 bits per heavy atom. The summed E-state index contributed by atoms with van der Waals surface area (Å²) in [4.78, 5) is 44.9. The van der Waals surface area contributed by atoms with Gasteiger partial charge in [-0.05, 0) is 97.1 Å². The van der Waals surface area contributed by atoms with Gasteiger partial charge in [-0.1, -0.05) is 24.3 Å². The second-order valence-corrected chi connectivity index (χ2v) is 14.6. The molecule has 0 unspecified atom stereocenters. The second kappa shape index (κ2) is 17.8. The molecule has 0 bridgehead atoms. The number of phenols is 3. The van der Waals surface area contributed by atoms with Crippen LogP contribution in [-0.4, -0.2) is 65.7 Å². The van der Waals surface area contributed by atoms with Gasteiger partial charge >= 0.3 is 24.3 Å². The van der Waals surface area contributed by atoms with Crippen molar-refractivity contribution in [2.45, 2.75) is 12.4 Å². The average molecular weight is 939 g/mol. The molecule has 0 amide bonds. The number of imidazole rings is 2. The Balaban J connectivity index is 1.18. The summed E-state index contributed by atoms with van der Waals surface area (Å²) in [5.74, 6) is -4.41. The quantitative estimate of drug-likeness (QED) is 0.0516. The van der Waals surface area contributed by atoms with Crippen LogP contribution in [0.25, 0.3) is 56.7 Å².